The molecule has 1 fully saturated rings. The molecule has 0 bridgehead atoms. The molecule has 1 saturated carbocycles. The number of aromatic nitrogens is 3. The maximum absolute atomic E-state index is 13.2. The summed E-state index contributed by atoms with van der Waals surface area (Å²) in [6, 6.07) is 5.17. The highest BCUT2D eigenvalue weighted by Gasteiger charge is 2.31. The van der Waals surface area contributed by atoms with Crippen LogP contribution in [0.2, 0.25) is 0 Å². The van der Waals surface area contributed by atoms with Crippen molar-refractivity contribution in [2.45, 2.75) is 50.9 Å². The van der Waals surface area contributed by atoms with Gasteiger partial charge in [0.15, 0.2) is 0 Å². The van der Waals surface area contributed by atoms with Crippen molar-refractivity contribution in [1.29, 1.82) is 0 Å². The van der Waals surface area contributed by atoms with Crippen LogP contribution in [0.25, 0.3) is 10.9 Å². The van der Waals surface area contributed by atoms with E-state index in [-0.39, 0.29) is 34.9 Å². The average Bonchev–Trinajstić information content (AvgIpc) is 2.68. The average molecular weight is 432 g/mol. The Morgan fingerprint density at radius 3 is 2.68 bits per heavy atom. The van der Waals surface area contributed by atoms with Crippen LogP contribution in [0.3, 0.4) is 0 Å². The van der Waals surface area contributed by atoms with Gasteiger partial charge in [0, 0.05) is 24.0 Å². The molecule has 3 aromatic rings. The second kappa shape index (κ2) is 8.18. The third-order valence-corrected chi connectivity index (χ3v) is 5.42. The molecule has 0 aliphatic heterocycles. The lowest BCUT2D eigenvalue weighted by Gasteiger charge is -2.29. The monoisotopic (exact) mass is 432 g/mol. The molecule has 0 saturated heterocycles. The first-order chi connectivity index (χ1) is 14.7. The maximum Gasteiger partial charge on any atom is 0.416 e. The number of halogens is 3. The fourth-order valence-corrected chi connectivity index (χ4v) is 3.91. The van der Waals surface area contributed by atoms with E-state index in [0.717, 1.165) is 37.8 Å². The van der Waals surface area contributed by atoms with Crippen molar-refractivity contribution in [3.63, 3.8) is 0 Å². The zero-order valence-corrected chi connectivity index (χ0v) is 16.9. The molecule has 1 aliphatic rings. The molecule has 164 valence electrons. The Hall–Kier alpha value is -3.14. The van der Waals surface area contributed by atoms with Gasteiger partial charge in [-0.1, -0.05) is 12.8 Å². The molecular formula is C21H23F3N6O. The standard InChI is InChI=1S/C21H23F3N6O/c1-11-8-12(21(22,23)24)10-13(9-11)27-18-17-16(6-7-26-19(17)31)29-20(30-18)28-15-5-3-2-4-14(15)25/h6-10,14-15H,2-5,25H2,1H3,(H,26,31)(H2,27,28,29,30)/t14?,15-/m1/s1. The van der Waals surface area contributed by atoms with Gasteiger partial charge < -0.3 is 21.4 Å². The Balaban J connectivity index is 1.76. The van der Waals surface area contributed by atoms with Crippen molar-refractivity contribution in [1.82, 2.24) is 15.0 Å². The summed E-state index contributed by atoms with van der Waals surface area (Å²) in [6.45, 7) is 1.57. The van der Waals surface area contributed by atoms with Gasteiger partial charge in [0.25, 0.3) is 5.56 Å². The molecule has 2 atom stereocenters. The van der Waals surface area contributed by atoms with Crippen LogP contribution in [-0.4, -0.2) is 27.0 Å². The first-order valence-corrected chi connectivity index (χ1v) is 10.1. The summed E-state index contributed by atoms with van der Waals surface area (Å²) in [5, 5.41) is 6.29. The quantitative estimate of drug-likeness (QED) is 0.495. The van der Waals surface area contributed by atoms with Crippen molar-refractivity contribution in [3.8, 4) is 0 Å². The lowest BCUT2D eigenvalue weighted by Crippen LogP contribution is -2.43. The topological polar surface area (TPSA) is 109 Å². The largest absolute Gasteiger partial charge is 0.416 e. The Labute approximate surface area is 176 Å². The predicted octanol–water partition coefficient (Wildman–Crippen LogP) is 4.07. The van der Waals surface area contributed by atoms with Gasteiger partial charge in [-0.2, -0.15) is 18.2 Å². The Morgan fingerprint density at radius 1 is 1.16 bits per heavy atom. The van der Waals surface area contributed by atoms with Gasteiger partial charge in [-0.3, -0.25) is 4.79 Å². The number of nitrogens with one attached hydrogen (secondary N) is 3. The number of aryl methyl sites for hydroxylation is 1. The molecule has 0 radical (unpaired) electrons. The molecule has 1 unspecified atom stereocenters. The van der Waals surface area contributed by atoms with Crippen molar-refractivity contribution >= 4 is 28.4 Å². The fraction of sp³-hybridized carbons (Fsp3) is 0.381. The zero-order valence-electron chi connectivity index (χ0n) is 16.9. The Morgan fingerprint density at radius 2 is 1.94 bits per heavy atom. The predicted molar refractivity (Wildman–Crippen MR) is 113 cm³/mol. The highest BCUT2D eigenvalue weighted by atomic mass is 19.4. The van der Waals surface area contributed by atoms with Crippen LogP contribution in [0.5, 0.6) is 0 Å². The number of fused-ring (bicyclic) bond motifs is 1. The van der Waals surface area contributed by atoms with Crippen LogP contribution in [0.15, 0.2) is 35.3 Å². The summed E-state index contributed by atoms with van der Waals surface area (Å²) >= 11 is 0. The first-order valence-electron chi connectivity index (χ1n) is 10.1. The highest BCUT2D eigenvalue weighted by molar-refractivity contribution is 5.91. The highest BCUT2D eigenvalue weighted by Crippen LogP contribution is 2.33. The van der Waals surface area contributed by atoms with E-state index in [0.29, 0.717) is 11.1 Å². The van der Waals surface area contributed by atoms with E-state index in [1.54, 1.807) is 19.1 Å². The number of hydrogen-bond acceptors (Lipinski definition) is 6. The lowest BCUT2D eigenvalue weighted by molar-refractivity contribution is -0.137. The number of alkyl halides is 3. The van der Waals surface area contributed by atoms with Crippen LogP contribution in [-0.2, 0) is 6.18 Å². The number of hydrogen-bond donors (Lipinski definition) is 4. The number of nitrogens with two attached hydrogens (primary N) is 1. The SMILES string of the molecule is Cc1cc(Nc2nc(N[C@@H]3CCCCC3N)nc3cc[nH]c(=O)c23)cc(C(F)(F)F)c1. The fourth-order valence-electron chi connectivity index (χ4n) is 3.91. The summed E-state index contributed by atoms with van der Waals surface area (Å²) in [4.78, 5) is 23.8. The minimum Gasteiger partial charge on any atom is -0.350 e. The van der Waals surface area contributed by atoms with E-state index in [4.69, 9.17) is 5.73 Å². The van der Waals surface area contributed by atoms with E-state index in [2.05, 4.69) is 25.6 Å². The molecule has 0 amide bonds. The summed E-state index contributed by atoms with van der Waals surface area (Å²) in [6.07, 6.45) is 0.832. The lowest BCUT2D eigenvalue weighted by atomic mass is 9.91. The van der Waals surface area contributed by atoms with Crippen molar-refractivity contribution in [2.24, 2.45) is 5.73 Å². The van der Waals surface area contributed by atoms with Crippen LogP contribution in [0.4, 0.5) is 30.6 Å². The van der Waals surface area contributed by atoms with E-state index in [1.807, 2.05) is 0 Å². The first kappa shape index (κ1) is 21.1. The van der Waals surface area contributed by atoms with Gasteiger partial charge in [-0.15, -0.1) is 0 Å². The summed E-state index contributed by atoms with van der Waals surface area (Å²) < 4.78 is 39.7. The zero-order chi connectivity index (χ0) is 22.2. The van der Waals surface area contributed by atoms with Gasteiger partial charge in [0.2, 0.25) is 5.95 Å². The molecule has 2 aromatic heterocycles. The number of pyridine rings is 1. The maximum atomic E-state index is 13.2. The van der Waals surface area contributed by atoms with E-state index >= 15 is 0 Å². The van der Waals surface area contributed by atoms with Gasteiger partial charge >= 0.3 is 6.18 Å². The molecular weight excluding hydrogens is 409 g/mol. The van der Waals surface area contributed by atoms with Gasteiger partial charge in [0.05, 0.1) is 11.1 Å². The number of benzene rings is 1. The second-order valence-electron chi connectivity index (χ2n) is 7.87. The van der Waals surface area contributed by atoms with Crippen LogP contribution >= 0.6 is 0 Å². The van der Waals surface area contributed by atoms with Gasteiger partial charge in [-0.25, -0.2) is 4.98 Å². The molecule has 2 heterocycles. The molecule has 1 aromatic carbocycles. The van der Waals surface area contributed by atoms with E-state index in [1.165, 1.54) is 6.20 Å². The molecule has 0 spiro atoms. The molecule has 31 heavy (non-hydrogen) atoms. The number of H-pyrrole nitrogens is 1. The van der Waals surface area contributed by atoms with Crippen LogP contribution in [0.1, 0.15) is 36.8 Å². The van der Waals surface area contributed by atoms with E-state index in [9.17, 15) is 18.0 Å². The smallest absolute Gasteiger partial charge is 0.350 e. The third-order valence-electron chi connectivity index (χ3n) is 5.42. The molecule has 1 aliphatic carbocycles. The number of anilines is 3. The van der Waals surface area contributed by atoms with Crippen LogP contribution in [0, 0.1) is 6.92 Å². The Kier molecular flexibility index (Phi) is 5.57. The minimum absolute atomic E-state index is 0.0168. The minimum atomic E-state index is -4.49. The van der Waals surface area contributed by atoms with E-state index < -0.39 is 17.3 Å². The normalized spacial score (nSPS) is 19.4. The number of aromatic amines is 1. The van der Waals surface area contributed by atoms with Crippen molar-refractivity contribution in [2.75, 3.05) is 10.6 Å². The summed E-state index contributed by atoms with van der Waals surface area (Å²) in [7, 11) is 0. The van der Waals surface area contributed by atoms with Crippen molar-refractivity contribution in [3.05, 3.63) is 51.9 Å². The number of rotatable bonds is 4. The van der Waals surface area contributed by atoms with Gasteiger partial charge in [0.1, 0.15) is 11.2 Å². The summed E-state index contributed by atoms with van der Waals surface area (Å²) in [5.74, 6) is 0.393. The van der Waals surface area contributed by atoms with Crippen LogP contribution < -0.4 is 21.9 Å². The van der Waals surface area contributed by atoms with Crippen molar-refractivity contribution < 1.29 is 13.2 Å². The summed E-state index contributed by atoms with van der Waals surface area (Å²) in [5.41, 5.74) is 5.96. The second-order valence-corrected chi connectivity index (χ2v) is 7.87. The number of nitrogens with zero attached hydrogens (tertiary/aromatic N) is 2. The molecule has 5 N–H and O–H groups in total. The molecule has 4 rings (SSSR count). The van der Waals surface area contributed by atoms with Gasteiger partial charge in [-0.05, 0) is 49.6 Å². The molecule has 7 nitrogen and oxygen atoms in total. The molecule has 10 heteroatoms. The third kappa shape index (κ3) is 4.63. The Bertz CT molecular complexity index is 1160.